The molecule has 0 aliphatic heterocycles. The lowest BCUT2D eigenvalue weighted by Gasteiger charge is -1.98. The van der Waals surface area contributed by atoms with Crippen molar-refractivity contribution < 1.29 is 14.3 Å². The molecule has 0 unspecified atom stereocenters. The molecular weight excluding hydrogens is 178 g/mol. The number of thiophene rings is 1. The van der Waals surface area contributed by atoms with Crippen LogP contribution in [-0.2, 0) is 4.74 Å². The predicted molar refractivity (Wildman–Crippen MR) is 46.6 cm³/mol. The Bertz CT molecular complexity index is 295. The van der Waals surface area contributed by atoms with Crippen molar-refractivity contribution in [3.8, 4) is 5.75 Å². The second-order valence-corrected chi connectivity index (χ2v) is 3.12. The molecule has 0 bridgehead atoms. The van der Waals surface area contributed by atoms with Crippen LogP contribution in [0.15, 0.2) is 6.07 Å². The highest BCUT2D eigenvalue weighted by Crippen LogP contribution is 2.31. The van der Waals surface area contributed by atoms with Gasteiger partial charge in [-0.2, -0.15) is 0 Å². The lowest BCUT2D eigenvalue weighted by molar-refractivity contribution is 0.0603. The van der Waals surface area contributed by atoms with Gasteiger partial charge in [0.05, 0.1) is 19.2 Å². The summed E-state index contributed by atoms with van der Waals surface area (Å²) in [7, 11) is 2.80. The van der Waals surface area contributed by atoms with Crippen molar-refractivity contribution in [3.05, 3.63) is 10.9 Å². The molecule has 1 aromatic rings. The average Bonchev–Trinajstić information content (AvgIpc) is 2.45. The first-order chi connectivity index (χ1) is 5.69. The van der Waals surface area contributed by atoms with E-state index in [2.05, 4.69) is 4.74 Å². The molecule has 12 heavy (non-hydrogen) atoms. The summed E-state index contributed by atoms with van der Waals surface area (Å²) in [5, 5.41) is 0.534. The van der Waals surface area contributed by atoms with E-state index >= 15 is 0 Å². The van der Waals surface area contributed by atoms with Crippen molar-refractivity contribution in [1.82, 2.24) is 0 Å². The molecule has 0 aliphatic rings. The third kappa shape index (κ3) is 1.50. The first kappa shape index (κ1) is 8.86. The van der Waals surface area contributed by atoms with Gasteiger partial charge in [-0.3, -0.25) is 0 Å². The van der Waals surface area contributed by atoms with Crippen molar-refractivity contribution >= 4 is 22.3 Å². The number of carbonyl (C=O) groups is 1. The van der Waals surface area contributed by atoms with Crippen molar-refractivity contribution in [2.45, 2.75) is 0 Å². The molecule has 5 heteroatoms. The quantitative estimate of drug-likeness (QED) is 0.705. The summed E-state index contributed by atoms with van der Waals surface area (Å²) < 4.78 is 9.45. The minimum atomic E-state index is -0.423. The Hall–Kier alpha value is -1.23. The number of ether oxygens (including phenoxy) is 2. The number of carbonyl (C=O) groups excluding carboxylic acids is 1. The van der Waals surface area contributed by atoms with Gasteiger partial charge >= 0.3 is 5.97 Å². The topological polar surface area (TPSA) is 61.5 Å². The standard InChI is InChI=1S/C7H9NO3S/c1-10-4-3-5(8)12-6(4)7(9)11-2/h3H,8H2,1-2H3. The van der Waals surface area contributed by atoms with Crippen molar-refractivity contribution in [1.29, 1.82) is 0 Å². The van der Waals surface area contributed by atoms with Crippen LogP contribution in [0.1, 0.15) is 9.67 Å². The fourth-order valence-electron chi connectivity index (χ4n) is 0.779. The Kier molecular flexibility index (Phi) is 2.54. The summed E-state index contributed by atoms with van der Waals surface area (Å²) in [6.07, 6.45) is 0. The van der Waals surface area contributed by atoms with Gasteiger partial charge in [0.1, 0.15) is 5.75 Å². The fourth-order valence-corrected chi connectivity index (χ4v) is 1.59. The molecule has 0 saturated heterocycles. The Labute approximate surface area is 73.9 Å². The Morgan fingerprint density at radius 2 is 2.25 bits per heavy atom. The van der Waals surface area contributed by atoms with Crippen LogP contribution in [-0.4, -0.2) is 20.2 Å². The zero-order chi connectivity index (χ0) is 9.14. The number of anilines is 1. The molecule has 0 spiro atoms. The molecule has 1 heterocycles. The van der Waals surface area contributed by atoms with Crippen LogP contribution in [0.4, 0.5) is 5.00 Å². The molecule has 0 radical (unpaired) electrons. The Morgan fingerprint density at radius 1 is 1.58 bits per heavy atom. The van der Waals surface area contributed by atoms with Gasteiger partial charge in [-0.1, -0.05) is 0 Å². The van der Waals surface area contributed by atoms with Crippen molar-refractivity contribution in [3.63, 3.8) is 0 Å². The molecule has 0 amide bonds. The van der Waals surface area contributed by atoms with E-state index < -0.39 is 5.97 Å². The largest absolute Gasteiger partial charge is 0.495 e. The molecule has 0 aliphatic carbocycles. The molecule has 4 nitrogen and oxygen atoms in total. The summed E-state index contributed by atoms with van der Waals surface area (Å²) in [4.78, 5) is 11.5. The number of nitrogen functional groups attached to an aromatic ring is 1. The lowest BCUT2D eigenvalue weighted by Crippen LogP contribution is -1.99. The molecule has 1 rings (SSSR count). The highest BCUT2D eigenvalue weighted by Gasteiger charge is 2.15. The smallest absolute Gasteiger partial charge is 0.351 e. The van der Waals surface area contributed by atoms with Crippen LogP contribution >= 0.6 is 11.3 Å². The molecule has 0 fully saturated rings. The van der Waals surface area contributed by atoms with Crippen LogP contribution < -0.4 is 10.5 Å². The maximum atomic E-state index is 11.1. The van der Waals surface area contributed by atoms with Crippen LogP contribution in [0.2, 0.25) is 0 Å². The van der Waals surface area contributed by atoms with Gasteiger partial charge in [0.15, 0.2) is 4.88 Å². The highest BCUT2D eigenvalue weighted by molar-refractivity contribution is 7.18. The summed E-state index contributed by atoms with van der Waals surface area (Å²) in [6.45, 7) is 0. The van der Waals surface area contributed by atoms with Gasteiger partial charge in [-0.15, -0.1) is 11.3 Å². The third-order valence-corrected chi connectivity index (χ3v) is 2.23. The molecular formula is C7H9NO3S. The summed E-state index contributed by atoms with van der Waals surface area (Å²) in [6, 6.07) is 1.59. The van der Waals surface area contributed by atoms with E-state index in [1.165, 1.54) is 14.2 Å². The van der Waals surface area contributed by atoms with E-state index in [0.717, 1.165) is 11.3 Å². The maximum Gasteiger partial charge on any atom is 0.351 e. The normalized spacial score (nSPS) is 9.50. The minimum absolute atomic E-state index is 0.400. The van der Waals surface area contributed by atoms with E-state index in [4.69, 9.17) is 10.5 Å². The van der Waals surface area contributed by atoms with Crippen LogP contribution in [0.5, 0.6) is 5.75 Å². The molecule has 0 aromatic carbocycles. The average molecular weight is 187 g/mol. The first-order valence-corrected chi connectivity index (χ1v) is 4.02. The first-order valence-electron chi connectivity index (χ1n) is 3.20. The van der Waals surface area contributed by atoms with E-state index in [1.54, 1.807) is 6.07 Å². The highest BCUT2D eigenvalue weighted by atomic mass is 32.1. The molecule has 0 atom stereocenters. The Morgan fingerprint density at radius 3 is 2.75 bits per heavy atom. The number of hydrogen-bond acceptors (Lipinski definition) is 5. The van der Waals surface area contributed by atoms with Crippen molar-refractivity contribution in [2.75, 3.05) is 20.0 Å². The third-order valence-electron chi connectivity index (χ3n) is 1.31. The van der Waals surface area contributed by atoms with Gasteiger partial charge in [-0.05, 0) is 0 Å². The van der Waals surface area contributed by atoms with E-state index in [1.807, 2.05) is 0 Å². The summed E-state index contributed by atoms with van der Waals surface area (Å²) in [5.41, 5.74) is 5.48. The summed E-state index contributed by atoms with van der Waals surface area (Å²) >= 11 is 1.15. The SMILES string of the molecule is COC(=O)c1sc(N)cc1OC. The number of hydrogen-bond donors (Lipinski definition) is 1. The minimum Gasteiger partial charge on any atom is -0.495 e. The van der Waals surface area contributed by atoms with Gasteiger partial charge < -0.3 is 15.2 Å². The second kappa shape index (κ2) is 3.44. The van der Waals surface area contributed by atoms with Gasteiger partial charge in [0.25, 0.3) is 0 Å². The van der Waals surface area contributed by atoms with E-state index in [9.17, 15) is 4.79 Å². The summed E-state index contributed by atoms with van der Waals surface area (Å²) in [5.74, 6) is 0.0397. The zero-order valence-electron chi connectivity index (χ0n) is 6.79. The number of rotatable bonds is 2. The molecule has 1 aromatic heterocycles. The van der Waals surface area contributed by atoms with Gasteiger partial charge in [0, 0.05) is 6.07 Å². The predicted octanol–water partition coefficient (Wildman–Crippen LogP) is 1.13. The van der Waals surface area contributed by atoms with Gasteiger partial charge in [0.2, 0.25) is 0 Å². The van der Waals surface area contributed by atoms with Crippen LogP contribution in [0, 0.1) is 0 Å². The lowest BCUT2D eigenvalue weighted by atomic mass is 10.4. The fraction of sp³-hybridized carbons (Fsp3) is 0.286. The van der Waals surface area contributed by atoms with Crippen LogP contribution in [0.3, 0.4) is 0 Å². The number of methoxy groups -OCH3 is 2. The van der Waals surface area contributed by atoms with E-state index in [-0.39, 0.29) is 0 Å². The van der Waals surface area contributed by atoms with E-state index in [0.29, 0.717) is 15.6 Å². The van der Waals surface area contributed by atoms with Crippen LogP contribution in [0.25, 0.3) is 0 Å². The molecule has 2 N–H and O–H groups in total. The zero-order valence-corrected chi connectivity index (χ0v) is 7.60. The number of esters is 1. The molecule has 66 valence electrons. The second-order valence-electron chi connectivity index (χ2n) is 2.04. The van der Waals surface area contributed by atoms with Crippen molar-refractivity contribution in [2.24, 2.45) is 0 Å². The molecule has 0 saturated carbocycles. The maximum absolute atomic E-state index is 11.1. The van der Waals surface area contributed by atoms with Gasteiger partial charge in [-0.25, -0.2) is 4.79 Å². The Balaban J connectivity index is 3.04. The monoisotopic (exact) mass is 187 g/mol. The number of nitrogens with two attached hydrogens (primary N) is 1.